The Morgan fingerprint density at radius 1 is 1.47 bits per heavy atom. The normalized spacial score (nSPS) is 26.1. The van der Waals surface area contributed by atoms with Crippen LogP contribution in [0.2, 0.25) is 0 Å². The lowest BCUT2D eigenvalue weighted by Gasteiger charge is -2.37. The molecule has 2 rings (SSSR count). The van der Waals surface area contributed by atoms with Crippen molar-refractivity contribution in [2.24, 2.45) is 0 Å². The van der Waals surface area contributed by atoms with Gasteiger partial charge in [-0.05, 0) is 40.5 Å². The SMILES string of the molecule is CC1SCCN(Cc2ccc(F)c(Br)c2)C1C. The van der Waals surface area contributed by atoms with Crippen LogP contribution in [0.5, 0.6) is 0 Å². The predicted octanol–water partition coefficient (Wildman–Crippen LogP) is 3.91. The third-order valence-electron chi connectivity index (χ3n) is 3.38. The highest BCUT2D eigenvalue weighted by Gasteiger charge is 2.24. The summed E-state index contributed by atoms with van der Waals surface area (Å²) in [6, 6.07) is 5.87. The molecule has 0 N–H and O–H groups in total. The summed E-state index contributed by atoms with van der Waals surface area (Å²) in [4.78, 5) is 2.47. The van der Waals surface area contributed by atoms with Gasteiger partial charge >= 0.3 is 0 Å². The first-order chi connectivity index (χ1) is 8.08. The highest BCUT2D eigenvalue weighted by atomic mass is 79.9. The second-order valence-corrected chi connectivity index (χ2v) is 6.87. The largest absolute Gasteiger partial charge is 0.295 e. The molecule has 1 aromatic rings. The highest BCUT2D eigenvalue weighted by Crippen LogP contribution is 2.26. The zero-order valence-corrected chi connectivity index (χ0v) is 12.5. The molecule has 1 aromatic carbocycles. The van der Waals surface area contributed by atoms with Crippen molar-refractivity contribution in [1.29, 1.82) is 0 Å². The van der Waals surface area contributed by atoms with Crippen LogP contribution in [0, 0.1) is 5.82 Å². The van der Waals surface area contributed by atoms with Gasteiger partial charge in [-0.15, -0.1) is 0 Å². The Kier molecular flexibility index (Phi) is 4.50. The number of halogens is 2. The van der Waals surface area contributed by atoms with Gasteiger partial charge in [0.05, 0.1) is 4.47 Å². The molecule has 1 saturated heterocycles. The smallest absolute Gasteiger partial charge is 0.137 e. The molecule has 2 unspecified atom stereocenters. The average molecular weight is 318 g/mol. The Hall–Kier alpha value is -0.0600. The fraction of sp³-hybridized carbons (Fsp3) is 0.538. The van der Waals surface area contributed by atoms with Crippen molar-refractivity contribution in [3.8, 4) is 0 Å². The summed E-state index contributed by atoms with van der Waals surface area (Å²) in [5, 5.41) is 0.674. The predicted molar refractivity (Wildman–Crippen MR) is 75.9 cm³/mol. The molecule has 17 heavy (non-hydrogen) atoms. The lowest BCUT2D eigenvalue weighted by molar-refractivity contribution is 0.204. The molecule has 1 nitrogen and oxygen atoms in total. The zero-order valence-electron chi connectivity index (χ0n) is 10.1. The van der Waals surface area contributed by atoms with Crippen LogP contribution in [-0.4, -0.2) is 28.5 Å². The number of rotatable bonds is 2. The zero-order chi connectivity index (χ0) is 12.4. The maximum Gasteiger partial charge on any atom is 0.137 e. The third-order valence-corrected chi connectivity index (χ3v) is 5.33. The molecule has 94 valence electrons. The third kappa shape index (κ3) is 3.24. The van der Waals surface area contributed by atoms with E-state index in [-0.39, 0.29) is 5.82 Å². The monoisotopic (exact) mass is 317 g/mol. The van der Waals surface area contributed by atoms with Crippen LogP contribution in [0.1, 0.15) is 19.4 Å². The molecule has 2 atom stereocenters. The van der Waals surface area contributed by atoms with Gasteiger partial charge in [-0.3, -0.25) is 4.90 Å². The molecule has 0 aromatic heterocycles. The Morgan fingerprint density at radius 2 is 2.24 bits per heavy atom. The minimum atomic E-state index is -0.190. The van der Waals surface area contributed by atoms with Gasteiger partial charge in [0.25, 0.3) is 0 Å². The van der Waals surface area contributed by atoms with E-state index in [9.17, 15) is 4.39 Å². The van der Waals surface area contributed by atoms with Crippen molar-refractivity contribution in [1.82, 2.24) is 4.90 Å². The van der Waals surface area contributed by atoms with E-state index >= 15 is 0 Å². The van der Waals surface area contributed by atoms with E-state index in [4.69, 9.17) is 0 Å². The van der Waals surface area contributed by atoms with Crippen molar-refractivity contribution in [2.75, 3.05) is 12.3 Å². The average Bonchev–Trinajstić information content (AvgIpc) is 2.30. The van der Waals surface area contributed by atoms with Gasteiger partial charge in [0.2, 0.25) is 0 Å². The molecular weight excluding hydrogens is 301 g/mol. The lowest BCUT2D eigenvalue weighted by atomic mass is 10.1. The Balaban J connectivity index is 2.07. The van der Waals surface area contributed by atoms with Crippen LogP contribution >= 0.6 is 27.7 Å². The maximum absolute atomic E-state index is 13.2. The number of benzene rings is 1. The first-order valence-electron chi connectivity index (χ1n) is 5.87. The summed E-state index contributed by atoms with van der Waals surface area (Å²) in [5.74, 6) is 0.998. The van der Waals surface area contributed by atoms with Gasteiger partial charge in [-0.1, -0.05) is 13.0 Å². The molecular formula is C13H17BrFNS. The van der Waals surface area contributed by atoms with Crippen LogP contribution < -0.4 is 0 Å². The summed E-state index contributed by atoms with van der Waals surface area (Å²) < 4.78 is 13.7. The quantitative estimate of drug-likeness (QED) is 0.813. The van der Waals surface area contributed by atoms with Gasteiger partial charge < -0.3 is 0 Å². The van der Waals surface area contributed by atoms with Gasteiger partial charge in [-0.25, -0.2) is 4.39 Å². The molecule has 0 bridgehead atoms. The van der Waals surface area contributed by atoms with E-state index in [2.05, 4.69) is 34.7 Å². The van der Waals surface area contributed by atoms with Crippen LogP contribution in [0.4, 0.5) is 4.39 Å². The van der Waals surface area contributed by atoms with Crippen molar-refractivity contribution >= 4 is 27.7 Å². The van der Waals surface area contributed by atoms with E-state index in [1.54, 1.807) is 0 Å². The van der Waals surface area contributed by atoms with Crippen LogP contribution in [0.25, 0.3) is 0 Å². The Labute approximate surface area is 115 Å². The number of thioether (sulfide) groups is 1. The minimum absolute atomic E-state index is 0.190. The van der Waals surface area contributed by atoms with Crippen molar-refractivity contribution < 1.29 is 4.39 Å². The summed E-state index contributed by atoms with van der Waals surface area (Å²) >= 11 is 5.28. The highest BCUT2D eigenvalue weighted by molar-refractivity contribution is 9.10. The Bertz CT molecular complexity index is 399. The van der Waals surface area contributed by atoms with Crippen molar-refractivity contribution in [3.63, 3.8) is 0 Å². The molecule has 1 fully saturated rings. The van der Waals surface area contributed by atoms with E-state index in [0.29, 0.717) is 15.8 Å². The molecule has 0 radical (unpaired) electrons. The van der Waals surface area contributed by atoms with Crippen molar-refractivity contribution in [2.45, 2.75) is 31.7 Å². The topological polar surface area (TPSA) is 3.24 Å². The summed E-state index contributed by atoms with van der Waals surface area (Å²) in [6.07, 6.45) is 0. The number of nitrogens with zero attached hydrogens (tertiary/aromatic N) is 1. The van der Waals surface area contributed by atoms with Gasteiger partial charge in [0, 0.05) is 30.1 Å². The fourth-order valence-electron chi connectivity index (χ4n) is 2.09. The Morgan fingerprint density at radius 3 is 2.94 bits per heavy atom. The second-order valence-electron chi connectivity index (χ2n) is 4.54. The van der Waals surface area contributed by atoms with E-state index in [1.165, 1.54) is 17.4 Å². The second kappa shape index (κ2) is 5.72. The van der Waals surface area contributed by atoms with Crippen LogP contribution in [0.15, 0.2) is 22.7 Å². The fourth-order valence-corrected chi connectivity index (χ4v) is 3.68. The van der Waals surface area contributed by atoms with Crippen molar-refractivity contribution in [3.05, 3.63) is 34.1 Å². The van der Waals surface area contributed by atoms with E-state index < -0.39 is 0 Å². The minimum Gasteiger partial charge on any atom is -0.295 e. The molecule has 0 aliphatic carbocycles. The molecule has 4 heteroatoms. The summed E-state index contributed by atoms with van der Waals surface area (Å²) in [5.41, 5.74) is 1.17. The standard InChI is InChI=1S/C13H17BrFNS/c1-9-10(2)17-6-5-16(9)8-11-3-4-13(15)12(14)7-11/h3-4,7,9-10H,5-6,8H2,1-2H3. The summed E-state index contributed by atoms with van der Waals surface area (Å²) in [7, 11) is 0. The molecule has 0 amide bonds. The molecule has 1 aliphatic rings. The number of hydrogen-bond acceptors (Lipinski definition) is 2. The van der Waals surface area contributed by atoms with Gasteiger partial charge in [0.1, 0.15) is 5.82 Å². The molecule has 1 aliphatic heterocycles. The first-order valence-corrected chi connectivity index (χ1v) is 7.71. The van der Waals surface area contributed by atoms with Gasteiger partial charge in [0.15, 0.2) is 0 Å². The maximum atomic E-state index is 13.2. The molecule has 0 spiro atoms. The van der Waals surface area contributed by atoms with E-state index in [1.807, 2.05) is 23.9 Å². The first kappa shape index (κ1) is 13.4. The molecule has 1 heterocycles. The van der Waals surface area contributed by atoms with Crippen LogP contribution in [0.3, 0.4) is 0 Å². The van der Waals surface area contributed by atoms with E-state index in [0.717, 1.165) is 13.1 Å². The number of hydrogen-bond donors (Lipinski definition) is 0. The summed E-state index contributed by atoms with van der Waals surface area (Å²) in [6.45, 7) is 6.58. The van der Waals surface area contributed by atoms with Crippen LogP contribution in [-0.2, 0) is 6.54 Å². The molecule has 0 saturated carbocycles. The lowest BCUT2D eigenvalue weighted by Crippen LogP contribution is -2.43. The van der Waals surface area contributed by atoms with Gasteiger partial charge in [-0.2, -0.15) is 11.8 Å².